The summed E-state index contributed by atoms with van der Waals surface area (Å²) in [4.78, 5) is 28.4. The summed E-state index contributed by atoms with van der Waals surface area (Å²) in [5.41, 5.74) is -0.469. The van der Waals surface area contributed by atoms with Crippen molar-refractivity contribution in [2.24, 2.45) is 0 Å². The van der Waals surface area contributed by atoms with Crippen LogP contribution in [0.15, 0.2) is 77.8 Å². The first-order valence-electron chi connectivity index (χ1n) is 14.0. The second-order valence-electron chi connectivity index (χ2n) is 9.33. The van der Waals surface area contributed by atoms with Gasteiger partial charge in [-0.1, -0.05) is 74.1 Å². The van der Waals surface area contributed by atoms with Crippen molar-refractivity contribution in [3.63, 3.8) is 0 Å². The number of hydrogen-bond donors (Lipinski definition) is 2. The molecule has 1 aromatic rings. The summed E-state index contributed by atoms with van der Waals surface area (Å²) in [6.45, 7) is 2.09. The van der Waals surface area contributed by atoms with Crippen molar-refractivity contribution in [3.05, 3.63) is 83.5 Å². The summed E-state index contributed by atoms with van der Waals surface area (Å²) in [5.74, 6) is 0.119. The van der Waals surface area contributed by atoms with Crippen LogP contribution in [0.25, 0.3) is 0 Å². The zero-order valence-electron chi connectivity index (χ0n) is 22.8. The molecule has 2 rings (SSSR count). The van der Waals surface area contributed by atoms with Crippen molar-refractivity contribution in [2.45, 2.75) is 96.3 Å². The fraction of sp³-hybridized carbons (Fsp3) is 0.516. The molecular weight excluding hydrogens is 478 g/mol. The molecule has 2 unspecified atom stereocenters. The van der Waals surface area contributed by atoms with Gasteiger partial charge in [0.1, 0.15) is 12.0 Å². The number of amides is 1. The van der Waals surface area contributed by atoms with Crippen LogP contribution in [0.1, 0.15) is 90.2 Å². The first-order valence-corrected chi connectivity index (χ1v) is 14.0. The van der Waals surface area contributed by atoms with E-state index in [1.54, 1.807) is 12.3 Å². The molecule has 0 radical (unpaired) electrons. The molecule has 0 aromatic carbocycles. The largest absolute Gasteiger partial charge is 0.394 e. The predicted molar refractivity (Wildman–Crippen MR) is 155 cm³/mol. The van der Waals surface area contributed by atoms with Gasteiger partial charge >= 0.3 is 5.69 Å². The van der Waals surface area contributed by atoms with Crippen molar-refractivity contribution >= 4 is 11.7 Å². The molecule has 1 aromatic heterocycles. The number of nitrogens with zero attached hydrogens (tertiary/aromatic N) is 2. The number of aliphatic hydroxyl groups excluding tert-OH is 1. The van der Waals surface area contributed by atoms with E-state index >= 15 is 0 Å². The van der Waals surface area contributed by atoms with E-state index in [2.05, 4.69) is 78.0 Å². The number of aliphatic hydroxyl groups is 1. The van der Waals surface area contributed by atoms with Crippen LogP contribution in [0.5, 0.6) is 0 Å². The number of carbonyl (C=O) groups is 1. The second-order valence-corrected chi connectivity index (χ2v) is 9.33. The van der Waals surface area contributed by atoms with Crippen molar-refractivity contribution < 1.29 is 14.6 Å². The van der Waals surface area contributed by atoms with E-state index in [1.165, 1.54) is 4.57 Å². The lowest BCUT2D eigenvalue weighted by Gasteiger charge is -2.15. The predicted octanol–water partition coefficient (Wildman–Crippen LogP) is 6.55. The minimum atomic E-state index is -0.469. The molecule has 0 saturated carbocycles. The molecule has 208 valence electrons. The molecule has 2 atom stereocenters. The van der Waals surface area contributed by atoms with Crippen LogP contribution in [0.3, 0.4) is 0 Å². The maximum Gasteiger partial charge on any atom is 0.351 e. The van der Waals surface area contributed by atoms with Crippen molar-refractivity contribution in [3.8, 4) is 0 Å². The Bertz CT molecular complexity index is 1010. The number of carbonyl (C=O) groups excluding carboxylic acids is 1. The third-order valence-corrected chi connectivity index (χ3v) is 6.13. The molecule has 1 fully saturated rings. The van der Waals surface area contributed by atoms with Crippen LogP contribution in [0.4, 0.5) is 5.82 Å². The van der Waals surface area contributed by atoms with Gasteiger partial charge in [0, 0.05) is 12.6 Å². The van der Waals surface area contributed by atoms with Crippen molar-refractivity contribution in [1.29, 1.82) is 0 Å². The summed E-state index contributed by atoms with van der Waals surface area (Å²) in [7, 11) is 0. The molecule has 0 spiro atoms. The number of anilines is 1. The van der Waals surface area contributed by atoms with Gasteiger partial charge in [0.2, 0.25) is 5.91 Å². The third kappa shape index (κ3) is 13.5. The molecule has 0 bridgehead atoms. The summed E-state index contributed by atoms with van der Waals surface area (Å²) in [6.07, 6.45) is 33.5. The lowest BCUT2D eigenvalue weighted by Crippen LogP contribution is -2.28. The van der Waals surface area contributed by atoms with Crippen molar-refractivity contribution in [2.75, 3.05) is 11.9 Å². The SMILES string of the molecule is CCC=CCC=CCC=CCC=CCC=CCCCCCC(=O)Nc1ccn(C2CCC(CO)O2)c(=O)n1. The Morgan fingerprint density at radius 3 is 2.18 bits per heavy atom. The van der Waals surface area contributed by atoms with Crippen LogP contribution in [0, 0.1) is 0 Å². The molecule has 38 heavy (non-hydrogen) atoms. The lowest BCUT2D eigenvalue weighted by molar-refractivity contribution is -0.116. The smallest absolute Gasteiger partial charge is 0.351 e. The van der Waals surface area contributed by atoms with Gasteiger partial charge in [-0.2, -0.15) is 4.98 Å². The number of aromatic nitrogens is 2. The first kappa shape index (κ1) is 31.2. The molecule has 7 nitrogen and oxygen atoms in total. The number of ether oxygens (including phenoxy) is 1. The first-order chi connectivity index (χ1) is 18.6. The van der Waals surface area contributed by atoms with E-state index < -0.39 is 11.9 Å². The van der Waals surface area contributed by atoms with Gasteiger partial charge in [-0.3, -0.25) is 9.36 Å². The number of unbranched alkanes of at least 4 members (excludes halogenated alkanes) is 3. The van der Waals surface area contributed by atoms with Crippen LogP contribution in [-0.4, -0.2) is 33.3 Å². The highest BCUT2D eigenvalue weighted by Crippen LogP contribution is 2.26. The molecule has 7 heteroatoms. The molecule has 1 amide bonds. The summed E-state index contributed by atoms with van der Waals surface area (Å²) >= 11 is 0. The van der Waals surface area contributed by atoms with Crippen molar-refractivity contribution in [1.82, 2.24) is 9.55 Å². The average molecular weight is 524 g/mol. The average Bonchev–Trinajstić information content (AvgIpc) is 3.39. The minimum Gasteiger partial charge on any atom is -0.394 e. The molecular formula is C31H45N3O4. The van der Waals surface area contributed by atoms with Crippen LogP contribution in [0.2, 0.25) is 0 Å². The Morgan fingerprint density at radius 2 is 1.61 bits per heavy atom. The van der Waals surface area contributed by atoms with E-state index in [0.29, 0.717) is 19.3 Å². The Labute approximate surface area is 227 Å². The van der Waals surface area contributed by atoms with Gasteiger partial charge in [0.15, 0.2) is 0 Å². The maximum atomic E-state index is 12.3. The summed E-state index contributed by atoms with van der Waals surface area (Å²) in [5, 5.41) is 11.9. The molecule has 1 aliphatic heterocycles. The topological polar surface area (TPSA) is 93.5 Å². The van der Waals surface area contributed by atoms with Gasteiger partial charge in [-0.05, 0) is 70.3 Å². The fourth-order valence-corrected chi connectivity index (χ4v) is 4.03. The standard InChI is InChI=1S/C31H45N3O4/c1-2-3-4-5-6-7-8-9-10-11-12-13-14-15-16-17-18-19-20-21-29(36)32-28-24-25-34(31(37)33-28)30-23-22-27(26-35)38-30/h3-4,6-7,9-10,12-13,15-16,24-25,27,30,35H,2,5,8,11,14,17-23,26H2,1H3,(H,32,33,36,37). The Hall–Kier alpha value is -3.03. The molecule has 2 heterocycles. The monoisotopic (exact) mass is 523 g/mol. The second kappa shape index (κ2) is 20.0. The van der Waals surface area contributed by atoms with Gasteiger partial charge in [-0.25, -0.2) is 4.79 Å². The highest BCUT2D eigenvalue weighted by Gasteiger charge is 2.26. The Balaban J connectivity index is 1.49. The van der Waals surface area contributed by atoms with E-state index in [1.807, 2.05) is 0 Å². The van der Waals surface area contributed by atoms with Crippen LogP contribution in [-0.2, 0) is 9.53 Å². The lowest BCUT2D eigenvalue weighted by atomic mass is 10.1. The quantitative estimate of drug-likeness (QED) is 0.168. The van der Waals surface area contributed by atoms with E-state index in [0.717, 1.165) is 57.8 Å². The highest BCUT2D eigenvalue weighted by molar-refractivity contribution is 5.89. The normalized spacial score (nSPS) is 18.3. The number of rotatable bonds is 18. The zero-order valence-corrected chi connectivity index (χ0v) is 22.8. The molecule has 1 aliphatic rings. The summed E-state index contributed by atoms with van der Waals surface area (Å²) in [6, 6.07) is 1.61. The number of nitrogens with one attached hydrogen (secondary N) is 1. The van der Waals surface area contributed by atoms with E-state index in [-0.39, 0.29) is 24.4 Å². The third-order valence-electron chi connectivity index (χ3n) is 6.13. The molecule has 2 N–H and O–H groups in total. The maximum absolute atomic E-state index is 12.3. The molecule has 1 saturated heterocycles. The number of allylic oxidation sites excluding steroid dienone is 10. The van der Waals surface area contributed by atoms with Gasteiger partial charge < -0.3 is 15.2 Å². The zero-order chi connectivity index (χ0) is 27.3. The Kier molecular flexibility index (Phi) is 16.4. The highest BCUT2D eigenvalue weighted by atomic mass is 16.5. The van der Waals surface area contributed by atoms with Gasteiger partial charge in [0.25, 0.3) is 0 Å². The van der Waals surface area contributed by atoms with Crippen LogP contribution >= 0.6 is 0 Å². The van der Waals surface area contributed by atoms with Crippen LogP contribution < -0.4 is 11.0 Å². The fourth-order valence-electron chi connectivity index (χ4n) is 4.03. The molecule has 0 aliphatic carbocycles. The Morgan fingerprint density at radius 1 is 0.974 bits per heavy atom. The van der Waals surface area contributed by atoms with Gasteiger partial charge in [0.05, 0.1) is 12.7 Å². The van der Waals surface area contributed by atoms with E-state index in [9.17, 15) is 14.7 Å². The van der Waals surface area contributed by atoms with E-state index in [4.69, 9.17) is 4.74 Å². The summed E-state index contributed by atoms with van der Waals surface area (Å²) < 4.78 is 7.02. The minimum absolute atomic E-state index is 0.0604. The van der Waals surface area contributed by atoms with Gasteiger partial charge in [-0.15, -0.1) is 0 Å². The number of hydrogen-bond acceptors (Lipinski definition) is 5.